The first-order valence-electron chi connectivity index (χ1n) is 6.39. The molecule has 14 heavy (non-hydrogen) atoms. The number of rotatable bonds is 5. The van der Waals surface area contributed by atoms with Gasteiger partial charge in [0.1, 0.15) is 0 Å². The van der Waals surface area contributed by atoms with Gasteiger partial charge in [-0.1, -0.05) is 46.5 Å². The minimum absolute atomic E-state index is 0.793. The van der Waals surface area contributed by atoms with Crippen LogP contribution in [0.1, 0.15) is 52.9 Å². The molecule has 0 unspecified atom stereocenters. The highest BCUT2D eigenvalue weighted by Gasteiger charge is 2.17. The maximum atomic E-state index is 3.54. The van der Waals surface area contributed by atoms with Gasteiger partial charge in [0.2, 0.25) is 0 Å². The average Bonchev–Trinajstić information content (AvgIpc) is 2.15. The smallest absolute Gasteiger partial charge is 0.00258 e. The van der Waals surface area contributed by atoms with E-state index in [0.717, 1.165) is 17.8 Å². The Balaban J connectivity index is 1.96. The van der Waals surface area contributed by atoms with E-state index in [1.807, 2.05) is 0 Å². The highest BCUT2D eigenvalue weighted by Crippen LogP contribution is 2.29. The maximum Gasteiger partial charge on any atom is -0.00258 e. The van der Waals surface area contributed by atoms with Crippen molar-refractivity contribution < 1.29 is 0 Å². The number of nitrogens with one attached hydrogen (secondary N) is 1. The van der Waals surface area contributed by atoms with Crippen LogP contribution in [-0.4, -0.2) is 13.1 Å². The third-order valence-corrected chi connectivity index (χ3v) is 3.42. The third kappa shape index (κ3) is 4.99. The monoisotopic (exact) mass is 197 g/mol. The van der Waals surface area contributed by atoms with E-state index in [9.17, 15) is 0 Å². The molecule has 0 aliphatic heterocycles. The van der Waals surface area contributed by atoms with Crippen molar-refractivity contribution in [2.75, 3.05) is 13.1 Å². The zero-order valence-electron chi connectivity index (χ0n) is 10.2. The predicted octanol–water partition coefficient (Wildman–Crippen LogP) is 3.45. The molecular weight excluding hydrogens is 170 g/mol. The second-order valence-electron chi connectivity index (χ2n) is 5.51. The quantitative estimate of drug-likeness (QED) is 0.666. The fourth-order valence-corrected chi connectivity index (χ4v) is 2.31. The Morgan fingerprint density at radius 2 is 1.79 bits per heavy atom. The summed E-state index contributed by atoms with van der Waals surface area (Å²) in [6, 6.07) is 0. The molecule has 1 N–H and O–H groups in total. The summed E-state index contributed by atoms with van der Waals surface area (Å²) in [6.07, 6.45) is 7.29. The van der Waals surface area contributed by atoms with Crippen molar-refractivity contribution in [2.45, 2.75) is 52.9 Å². The molecule has 0 aromatic heterocycles. The van der Waals surface area contributed by atoms with Crippen LogP contribution in [0.2, 0.25) is 0 Å². The Morgan fingerprint density at radius 1 is 1.14 bits per heavy atom. The van der Waals surface area contributed by atoms with Crippen molar-refractivity contribution in [1.29, 1.82) is 0 Å². The second-order valence-corrected chi connectivity index (χ2v) is 5.51. The molecule has 1 saturated carbocycles. The third-order valence-electron chi connectivity index (χ3n) is 3.42. The van der Waals surface area contributed by atoms with E-state index in [1.54, 1.807) is 0 Å². The van der Waals surface area contributed by atoms with E-state index in [1.165, 1.54) is 45.2 Å². The van der Waals surface area contributed by atoms with Crippen LogP contribution in [0.15, 0.2) is 0 Å². The molecular formula is C13H27N. The van der Waals surface area contributed by atoms with Crippen molar-refractivity contribution in [3.63, 3.8) is 0 Å². The molecule has 0 aromatic rings. The Labute approximate surface area is 89.7 Å². The molecule has 0 radical (unpaired) electrons. The lowest BCUT2D eigenvalue weighted by atomic mass is 9.81. The van der Waals surface area contributed by atoms with Crippen LogP contribution in [0.4, 0.5) is 0 Å². The van der Waals surface area contributed by atoms with Gasteiger partial charge in [-0.25, -0.2) is 0 Å². The lowest BCUT2D eigenvalue weighted by Gasteiger charge is -2.26. The minimum Gasteiger partial charge on any atom is -0.316 e. The molecule has 1 nitrogen and oxygen atoms in total. The van der Waals surface area contributed by atoms with Crippen LogP contribution in [0.3, 0.4) is 0 Å². The lowest BCUT2D eigenvalue weighted by Crippen LogP contribution is -2.24. The SMILES string of the molecule is CC(C)CNCCC1CCC(C)CC1. The summed E-state index contributed by atoms with van der Waals surface area (Å²) in [7, 11) is 0. The molecule has 0 atom stereocenters. The fourth-order valence-electron chi connectivity index (χ4n) is 2.31. The predicted molar refractivity (Wildman–Crippen MR) is 63.4 cm³/mol. The Bertz CT molecular complexity index is 134. The standard InChI is InChI=1S/C13H27N/c1-11(2)10-14-9-8-13-6-4-12(3)5-7-13/h11-14H,4-10H2,1-3H3. The van der Waals surface area contributed by atoms with Gasteiger partial charge < -0.3 is 5.32 Å². The Hall–Kier alpha value is -0.0400. The van der Waals surface area contributed by atoms with Gasteiger partial charge in [0.15, 0.2) is 0 Å². The summed E-state index contributed by atoms with van der Waals surface area (Å²) in [6.45, 7) is 9.36. The normalized spacial score (nSPS) is 28.3. The van der Waals surface area contributed by atoms with Gasteiger partial charge in [0.25, 0.3) is 0 Å². The Kier molecular flexibility index (Phi) is 5.54. The first-order valence-corrected chi connectivity index (χ1v) is 6.39. The summed E-state index contributed by atoms with van der Waals surface area (Å²) >= 11 is 0. The Morgan fingerprint density at radius 3 is 2.36 bits per heavy atom. The van der Waals surface area contributed by atoms with E-state index >= 15 is 0 Å². The van der Waals surface area contributed by atoms with E-state index in [4.69, 9.17) is 0 Å². The molecule has 1 fully saturated rings. The van der Waals surface area contributed by atoms with E-state index < -0.39 is 0 Å². The average molecular weight is 197 g/mol. The van der Waals surface area contributed by atoms with E-state index in [2.05, 4.69) is 26.1 Å². The second kappa shape index (κ2) is 6.44. The molecule has 0 bridgehead atoms. The summed E-state index contributed by atoms with van der Waals surface area (Å²) in [5.74, 6) is 2.81. The zero-order valence-corrected chi connectivity index (χ0v) is 10.2. The van der Waals surface area contributed by atoms with Gasteiger partial charge in [-0.2, -0.15) is 0 Å². The van der Waals surface area contributed by atoms with Gasteiger partial charge in [-0.05, 0) is 37.3 Å². The molecule has 1 aliphatic rings. The minimum atomic E-state index is 0.793. The van der Waals surface area contributed by atoms with Crippen molar-refractivity contribution in [2.24, 2.45) is 17.8 Å². The molecule has 0 saturated heterocycles. The largest absolute Gasteiger partial charge is 0.316 e. The van der Waals surface area contributed by atoms with Crippen LogP contribution >= 0.6 is 0 Å². The lowest BCUT2D eigenvalue weighted by molar-refractivity contribution is 0.274. The highest BCUT2D eigenvalue weighted by atomic mass is 14.8. The molecule has 84 valence electrons. The van der Waals surface area contributed by atoms with Crippen molar-refractivity contribution >= 4 is 0 Å². The van der Waals surface area contributed by atoms with Crippen LogP contribution in [0.25, 0.3) is 0 Å². The maximum absolute atomic E-state index is 3.54. The zero-order chi connectivity index (χ0) is 10.4. The van der Waals surface area contributed by atoms with Crippen LogP contribution < -0.4 is 5.32 Å². The molecule has 0 spiro atoms. The topological polar surface area (TPSA) is 12.0 Å². The van der Waals surface area contributed by atoms with Crippen LogP contribution in [0.5, 0.6) is 0 Å². The summed E-state index contributed by atoms with van der Waals surface area (Å²) in [4.78, 5) is 0. The first-order chi connectivity index (χ1) is 6.68. The first kappa shape index (κ1) is 12.0. The van der Waals surface area contributed by atoms with Gasteiger partial charge in [-0.15, -0.1) is 0 Å². The molecule has 0 amide bonds. The van der Waals surface area contributed by atoms with Crippen molar-refractivity contribution in [1.82, 2.24) is 5.32 Å². The summed E-state index contributed by atoms with van der Waals surface area (Å²) < 4.78 is 0. The molecule has 0 heterocycles. The van der Waals surface area contributed by atoms with Gasteiger partial charge in [0.05, 0.1) is 0 Å². The number of hydrogen-bond acceptors (Lipinski definition) is 1. The summed E-state index contributed by atoms with van der Waals surface area (Å²) in [5, 5.41) is 3.54. The highest BCUT2D eigenvalue weighted by molar-refractivity contribution is 4.70. The molecule has 1 aliphatic carbocycles. The van der Waals surface area contributed by atoms with E-state index in [0.29, 0.717) is 0 Å². The van der Waals surface area contributed by atoms with Gasteiger partial charge >= 0.3 is 0 Å². The summed E-state index contributed by atoms with van der Waals surface area (Å²) in [5.41, 5.74) is 0. The molecule has 1 heteroatoms. The van der Waals surface area contributed by atoms with Crippen molar-refractivity contribution in [3.8, 4) is 0 Å². The van der Waals surface area contributed by atoms with Crippen LogP contribution in [0, 0.1) is 17.8 Å². The van der Waals surface area contributed by atoms with Crippen molar-refractivity contribution in [3.05, 3.63) is 0 Å². The van der Waals surface area contributed by atoms with Gasteiger partial charge in [0, 0.05) is 0 Å². The van der Waals surface area contributed by atoms with Gasteiger partial charge in [-0.3, -0.25) is 0 Å². The molecule has 0 aromatic carbocycles. The fraction of sp³-hybridized carbons (Fsp3) is 1.00. The molecule has 1 rings (SSSR count). The number of hydrogen-bond donors (Lipinski definition) is 1. The van der Waals surface area contributed by atoms with E-state index in [-0.39, 0.29) is 0 Å². The van der Waals surface area contributed by atoms with Crippen LogP contribution in [-0.2, 0) is 0 Å².